The second kappa shape index (κ2) is 5.71. The molecule has 0 fully saturated rings. The van der Waals surface area contributed by atoms with Crippen molar-refractivity contribution in [3.05, 3.63) is 83.4 Å². The quantitative estimate of drug-likeness (QED) is 0.557. The van der Waals surface area contributed by atoms with E-state index in [0.717, 1.165) is 11.6 Å². The first-order valence-electron chi connectivity index (χ1n) is 7.19. The van der Waals surface area contributed by atoms with E-state index in [0.29, 0.717) is 0 Å². The number of anilines is 2. The predicted octanol–water partition coefficient (Wildman–Crippen LogP) is 6.14. The van der Waals surface area contributed by atoms with Crippen LogP contribution in [0.1, 0.15) is 5.56 Å². The molecule has 1 heterocycles. The van der Waals surface area contributed by atoms with Crippen LogP contribution < -0.4 is 4.90 Å². The van der Waals surface area contributed by atoms with Gasteiger partial charge < -0.3 is 4.90 Å². The molecular weight excluding hydrogens is 310 g/mol. The number of fused-ring (bicyclic) bond motifs is 2. The summed E-state index contributed by atoms with van der Waals surface area (Å²) in [7, 11) is 0. The van der Waals surface area contributed by atoms with Gasteiger partial charge in [-0.2, -0.15) is 0 Å². The van der Waals surface area contributed by atoms with Gasteiger partial charge in [0.1, 0.15) is 0 Å². The molecule has 3 heteroatoms. The molecule has 0 saturated carbocycles. The maximum atomic E-state index is 6.24. The molecule has 1 aliphatic rings. The van der Waals surface area contributed by atoms with Gasteiger partial charge in [-0.1, -0.05) is 65.8 Å². The lowest BCUT2D eigenvalue weighted by molar-refractivity contribution is 0.938. The van der Waals surface area contributed by atoms with E-state index in [1.807, 2.05) is 12.1 Å². The standard InChI is InChI=1S/C19H14ClNS/c20-15-10-11-19-17(12-15)21(13-14-6-2-1-3-7-14)16-8-4-5-9-18(16)22-19/h1-12H,13H2. The van der Waals surface area contributed by atoms with Crippen LogP contribution in [0.25, 0.3) is 0 Å². The normalized spacial score (nSPS) is 12.7. The van der Waals surface area contributed by atoms with Crippen LogP contribution in [-0.2, 0) is 6.54 Å². The fourth-order valence-electron chi connectivity index (χ4n) is 2.74. The average molecular weight is 324 g/mol. The SMILES string of the molecule is Clc1ccc2c(c1)N(Cc1ccccc1)c1ccccc1S2. The number of hydrogen-bond acceptors (Lipinski definition) is 2. The Morgan fingerprint density at radius 3 is 2.36 bits per heavy atom. The number of rotatable bonds is 2. The summed E-state index contributed by atoms with van der Waals surface area (Å²) in [4.78, 5) is 4.88. The minimum absolute atomic E-state index is 0.775. The van der Waals surface area contributed by atoms with Crippen LogP contribution in [0, 0.1) is 0 Å². The van der Waals surface area contributed by atoms with Crippen LogP contribution in [0.3, 0.4) is 0 Å². The van der Waals surface area contributed by atoms with Gasteiger partial charge >= 0.3 is 0 Å². The summed E-state index contributed by atoms with van der Waals surface area (Å²) in [6, 6.07) is 25.2. The summed E-state index contributed by atoms with van der Waals surface area (Å²) in [5.74, 6) is 0. The van der Waals surface area contributed by atoms with Crippen molar-refractivity contribution < 1.29 is 0 Å². The van der Waals surface area contributed by atoms with Crippen molar-refractivity contribution in [3.63, 3.8) is 0 Å². The van der Waals surface area contributed by atoms with Crippen molar-refractivity contribution in [2.75, 3.05) is 4.90 Å². The molecule has 0 radical (unpaired) electrons. The monoisotopic (exact) mass is 323 g/mol. The molecule has 22 heavy (non-hydrogen) atoms. The van der Waals surface area contributed by atoms with E-state index in [1.54, 1.807) is 11.8 Å². The molecule has 0 atom stereocenters. The molecule has 0 aliphatic carbocycles. The molecule has 0 saturated heterocycles. The topological polar surface area (TPSA) is 3.24 Å². The first-order valence-corrected chi connectivity index (χ1v) is 8.38. The third-order valence-corrected chi connectivity index (χ3v) is 5.14. The Balaban J connectivity index is 1.83. The summed E-state index contributed by atoms with van der Waals surface area (Å²) in [6.07, 6.45) is 0. The zero-order chi connectivity index (χ0) is 14.9. The van der Waals surface area contributed by atoms with Crippen LogP contribution in [0.5, 0.6) is 0 Å². The van der Waals surface area contributed by atoms with Gasteiger partial charge in [-0.05, 0) is 35.9 Å². The first-order chi connectivity index (χ1) is 10.8. The maximum Gasteiger partial charge on any atom is 0.0570 e. The lowest BCUT2D eigenvalue weighted by Crippen LogP contribution is -2.20. The molecule has 1 nitrogen and oxygen atoms in total. The van der Waals surface area contributed by atoms with Crippen molar-refractivity contribution >= 4 is 34.7 Å². The lowest BCUT2D eigenvalue weighted by Gasteiger charge is -2.33. The molecular formula is C19H14ClNS. The zero-order valence-corrected chi connectivity index (χ0v) is 13.4. The van der Waals surface area contributed by atoms with Gasteiger partial charge in [0.2, 0.25) is 0 Å². The third kappa shape index (κ3) is 2.49. The van der Waals surface area contributed by atoms with E-state index in [9.17, 15) is 0 Å². The number of para-hydroxylation sites is 1. The molecule has 1 aliphatic heterocycles. The number of benzene rings is 3. The summed E-state index contributed by atoms with van der Waals surface area (Å²) < 4.78 is 0. The van der Waals surface area contributed by atoms with Crippen molar-refractivity contribution in [2.45, 2.75) is 16.3 Å². The van der Waals surface area contributed by atoms with Gasteiger partial charge in [0, 0.05) is 21.4 Å². The fourth-order valence-corrected chi connectivity index (χ4v) is 3.98. The van der Waals surface area contributed by atoms with Crippen molar-refractivity contribution in [1.29, 1.82) is 0 Å². The maximum absolute atomic E-state index is 6.24. The summed E-state index contributed by atoms with van der Waals surface area (Å²) >= 11 is 8.04. The van der Waals surface area contributed by atoms with Gasteiger partial charge in [0.25, 0.3) is 0 Å². The minimum atomic E-state index is 0.775. The number of halogens is 1. The number of hydrogen-bond donors (Lipinski definition) is 0. The lowest BCUT2D eigenvalue weighted by atomic mass is 10.1. The van der Waals surface area contributed by atoms with Crippen LogP contribution in [-0.4, -0.2) is 0 Å². The second-order valence-corrected chi connectivity index (χ2v) is 6.77. The highest BCUT2D eigenvalue weighted by Gasteiger charge is 2.23. The largest absolute Gasteiger partial charge is 0.335 e. The Kier molecular flexibility index (Phi) is 3.57. The second-order valence-electron chi connectivity index (χ2n) is 5.25. The molecule has 4 rings (SSSR count). The molecule has 0 bridgehead atoms. The van der Waals surface area contributed by atoms with Crippen molar-refractivity contribution in [1.82, 2.24) is 0 Å². The van der Waals surface area contributed by atoms with E-state index in [2.05, 4.69) is 65.6 Å². The van der Waals surface area contributed by atoms with Crippen LogP contribution in [0.15, 0.2) is 82.6 Å². The molecule has 3 aromatic rings. The van der Waals surface area contributed by atoms with Gasteiger partial charge in [-0.25, -0.2) is 0 Å². The van der Waals surface area contributed by atoms with E-state index >= 15 is 0 Å². The van der Waals surface area contributed by atoms with E-state index < -0.39 is 0 Å². The van der Waals surface area contributed by atoms with Crippen LogP contribution in [0.2, 0.25) is 5.02 Å². The first kappa shape index (κ1) is 13.7. The third-order valence-electron chi connectivity index (χ3n) is 3.77. The average Bonchev–Trinajstić information content (AvgIpc) is 2.56. The molecule has 108 valence electrons. The molecule has 0 N–H and O–H groups in total. The van der Waals surface area contributed by atoms with E-state index in [4.69, 9.17) is 11.6 Å². The highest BCUT2D eigenvalue weighted by Crippen LogP contribution is 2.49. The Labute approximate surface area is 139 Å². The molecule has 0 aromatic heterocycles. The molecule has 0 amide bonds. The Morgan fingerprint density at radius 2 is 1.50 bits per heavy atom. The van der Waals surface area contributed by atoms with Gasteiger partial charge in [-0.15, -0.1) is 0 Å². The highest BCUT2D eigenvalue weighted by molar-refractivity contribution is 7.99. The summed E-state index contributed by atoms with van der Waals surface area (Å²) in [5, 5.41) is 0.775. The van der Waals surface area contributed by atoms with Crippen LogP contribution >= 0.6 is 23.4 Å². The fraction of sp³-hybridized carbons (Fsp3) is 0.0526. The molecule has 3 aromatic carbocycles. The Morgan fingerprint density at radius 1 is 0.773 bits per heavy atom. The van der Waals surface area contributed by atoms with E-state index in [1.165, 1.54) is 26.7 Å². The van der Waals surface area contributed by atoms with Crippen molar-refractivity contribution in [3.8, 4) is 0 Å². The van der Waals surface area contributed by atoms with Gasteiger partial charge in [0.15, 0.2) is 0 Å². The van der Waals surface area contributed by atoms with Gasteiger partial charge in [-0.3, -0.25) is 0 Å². The highest BCUT2D eigenvalue weighted by atomic mass is 35.5. The van der Waals surface area contributed by atoms with Gasteiger partial charge in [0.05, 0.1) is 11.4 Å². The Hall–Kier alpha value is -1.90. The Bertz CT molecular complexity index is 817. The number of nitrogens with zero attached hydrogens (tertiary/aromatic N) is 1. The van der Waals surface area contributed by atoms with E-state index in [-0.39, 0.29) is 0 Å². The smallest absolute Gasteiger partial charge is 0.0570 e. The predicted molar refractivity (Wildman–Crippen MR) is 94.3 cm³/mol. The summed E-state index contributed by atoms with van der Waals surface area (Å²) in [6.45, 7) is 0.839. The zero-order valence-electron chi connectivity index (χ0n) is 11.9. The van der Waals surface area contributed by atoms with Crippen molar-refractivity contribution in [2.24, 2.45) is 0 Å². The molecule has 0 spiro atoms. The summed E-state index contributed by atoms with van der Waals surface area (Å²) in [5.41, 5.74) is 3.71. The van der Waals surface area contributed by atoms with Crippen LogP contribution in [0.4, 0.5) is 11.4 Å². The molecule has 0 unspecified atom stereocenters. The minimum Gasteiger partial charge on any atom is -0.335 e.